The van der Waals surface area contributed by atoms with Crippen LogP contribution < -0.4 is 10.6 Å². The summed E-state index contributed by atoms with van der Waals surface area (Å²) < 4.78 is 0. The van der Waals surface area contributed by atoms with Crippen molar-refractivity contribution in [2.45, 2.75) is 57.5 Å². The third-order valence-electron chi connectivity index (χ3n) is 4.30. The lowest BCUT2D eigenvalue weighted by Crippen LogP contribution is -2.31. The van der Waals surface area contributed by atoms with Crippen LogP contribution in [-0.4, -0.2) is 18.1 Å². The molecule has 0 radical (unpaired) electrons. The number of benzene rings is 1. The van der Waals surface area contributed by atoms with Crippen LogP contribution >= 0.6 is 0 Å². The third kappa shape index (κ3) is 2.54. The van der Waals surface area contributed by atoms with Gasteiger partial charge >= 0.3 is 0 Å². The molecule has 1 atom stereocenters. The molecule has 1 saturated heterocycles. The van der Waals surface area contributed by atoms with Crippen LogP contribution in [0.15, 0.2) is 18.2 Å². The molecule has 18 heavy (non-hydrogen) atoms. The lowest BCUT2D eigenvalue weighted by molar-refractivity contribution is 0.457. The number of aryl methyl sites for hydroxylation is 2. The Morgan fingerprint density at radius 1 is 1.17 bits per heavy atom. The first-order chi connectivity index (χ1) is 8.62. The normalized spacial score (nSPS) is 25.8. The van der Waals surface area contributed by atoms with Crippen LogP contribution in [-0.2, 0) is 12.8 Å². The minimum Gasteiger partial charge on any atom is -0.381 e. The third-order valence-corrected chi connectivity index (χ3v) is 4.30. The fourth-order valence-electron chi connectivity index (χ4n) is 3.32. The zero-order chi connectivity index (χ0) is 12.6. The Bertz CT molecular complexity index is 437. The van der Waals surface area contributed by atoms with Crippen LogP contribution in [0.25, 0.3) is 0 Å². The van der Waals surface area contributed by atoms with Crippen molar-refractivity contribution < 1.29 is 0 Å². The Kier molecular flexibility index (Phi) is 3.06. The molecule has 1 unspecified atom stereocenters. The largest absolute Gasteiger partial charge is 0.381 e. The highest BCUT2D eigenvalue weighted by atomic mass is 15.1. The predicted molar refractivity (Wildman–Crippen MR) is 77.2 cm³/mol. The maximum absolute atomic E-state index is 3.68. The molecule has 0 amide bonds. The van der Waals surface area contributed by atoms with Crippen LogP contribution in [0.5, 0.6) is 0 Å². The monoisotopic (exact) mass is 244 g/mol. The number of fused-ring (bicyclic) bond motifs is 1. The van der Waals surface area contributed by atoms with Gasteiger partial charge in [-0.25, -0.2) is 0 Å². The van der Waals surface area contributed by atoms with Gasteiger partial charge in [0.25, 0.3) is 0 Å². The van der Waals surface area contributed by atoms with Gasteiger partial charge in [0.15, 0.2) is 0 Å². The topological polar surface area (TPSA) is 24.1 Å². The average Bonchev–Trinajstić information content (AvgIpc) is 2.68. The summed E-state index contributed by atoms with van der Waals surface area (Å²) in [6.07, 6.45) is 6.45. The lowest BCUT2D eigenvalue weighted by atomic mass is 9.91. The minimum absolute atomic E-state index is 0.284. The lowest BCUT2D eigenvalue weighted by Gasteiger charge is -2.20. The van der Waals surface area contributed by atoms with Crippen molar-refractivity contribution in [3.8, 4) is 0 Å². The summed E-state index contributed by atoms with van der Waals surface area (Å²) in [6.45, 7) is 5.63. The Labute approximate surface area is 110 Å². The molecule has 2 nitrogen and oxygen atoms in total. The van der Waals surface area contributed by atoms with Crippen molar-refractivity contribution in [2.24, 2.45) is 0 Å². The Hall–Kier alpha value is -1.02. The molecule has 1 aromatic carbocycles. The smallest absolute Gasteiger partial charge is 0.0403 e. The van der Waals surface area contributed by atoms with Crippen molar-refractivity contribution in [1.29, 1.82) is 0 Å². The van der Waals surface area contributed by atoms with Crippen molar-refractivity contribution in [3.05, 3.63) is 29.3 Å². The molecule has 0 aromatic heterocycles. The van der Waals surface area contributed by atoms with E-state index < -0.39 is 0 Å². The molecule has 1 heterocycles. The van der Waals surface area contributed by atoms with Crippen molar-refractivity contribution in [3.63, 3.8) is 0 Å². The number of hydrogen-bond acceptors (Lipinski definition) is 2. The van der Waals surface area contributed by atoms with E-state index in [1.54, 1.807) is 11.1 Å². The molecule has 3 rings (SSSR count). The highest BCUT2D eigenvalue weighted by Gasteiger charge is 2.30. The highest BCUT2D eigenvalue weighted by molar-refractivity contribution is 5.50. The van der Waals surface area contributed by atoms with Gasteiger partial charge in [-0.05, 0) is 69.2 Å². The zero-order valence-electron chi connectivity index (χ0n) is 11.6. The van der Waals surface area contributed by atoms with E-state index in [2.05, 4.69) is 42.7 Å². The number of nitrogens with one attached hydrogen (secondary N) is 2. The van der Waals surface area contributed by atoms with E-state index in [4.69, 9.17) is 0 Å². The second kappa shape index (κ2) is 4.58. The molecule has 0 saturated carbocycles. The molecule has 1 aliphatic carbocycles. The summed E-state index contributed by atoms with van der Waals surface area (Å²) in [6, 6.07) is 7.53. The summed E-state index contributed by atoms with van der Waals surface area (Å²) in [7, 11) is 0. The van der Waals surface area contributed by atoms with Gasteiger partial charge in [0.1, 0.15) is 0 Å². The second-order valence-corrected chi connectivity index (χ2v) is 6.50. The highest BCUT2D eigenvalue weighted by Crippen LogP contribution is 2.26. The van der Waals surface area contributed by atoms with E-state index in [0.717, 1.165) is 6.54 Å². The predicted octanol–water partition coefficient (Wildman–Crippen LogP) is 3.12. The molecule has 2 N–H and O–H groups in total. The Morgan fingerprint density at radius 3 is 2.67 bits per heavy atom. The van der Waals surface area contributed by atoms with E-state index in [1.807, 2.05) is 0 Å². The molecule has 0 spiro atoms. The molecule has 2 heteroatoms. The zero-order valence-corrected chi connectivity index (χ0v) is 11.6. The minimum atomic E-state index is 0.284. The summed E-state index contributed by atoms with van der Waals surface area (Å²) in [4.78, 5) is 0. The standard InChI is InChI=1S/C16H24N2/c1-16(2)10-15(11-17-16)18-14-8-7-12-5-3-4-6-13(12)9-14/h7-9,15,17-18H,3-6,10-11H2,1-2H3. The first-order valence-electron chi connectivity index (χ1n) is 7.26. The first-order valence-corrected chi connectivity index (χ1v) is 7.26. The van der Waals surface area contributed by atoms with Crippen LogP contribution in [0.2, 0.25) is 0 Å². The fourth-order valence-corrected chi connectivity index (χ4v) is 3.32. The van der Waals surface area contributed by atoms with Crippen molar-refractivity contribution in [1.82, 2.24) is 5.32 Å². The van der Waals surface area contributed by atoms with E-state index in [1.165, 1.54) is 37.8 Å². The van der Waals surface area contributed by atoms with Gasteiger partial charge in [-0.1, -0.05) is 6.07 Å². The maximum Gasteiger partial charge on any atom is 0.0403 e. The van der Waals surface area contributed by atoms with Crippen LogP contribution in [0.4, 0.5) is 5.69 Å². The molecule has 1 fully saturated rings. The first kappa shape index (κ1) is 12.0. The summed E-state index contributed by atoms with van der Waals surface area (Å²) in [5.74, 6) is 0. The van der Waals surface area contributed by atoms with Crippen LogP contribution in [0, 0.1) is 0 Å². The van der Waals surface area contributed by atoms with Gasteiger partial charge in [-0.2, -0.15) is 0 Å². The Balaban J connectivity index is 1.70. The van der Waals surface area contributed by atoms with E-state index in [9.17, 15) is 0 Å². The van der Waals surface area contributed by atoms with Gasteiger partial charge in [-0.15, -0.1) is 0 Å². The number of rotatable bonds is 2. The summed E-state index contributed by atoms with van der Waals surface area (Å²) in [5.41, 5.74) is 4.72. The number of hydrogen-bond donors (Lipinski definition) is 2. The number of anilines is 1. The molecular weight excluding hydrogens is 220 g/mol. The van der Waals surface area contributed by atoms with Crippen LogP contribution in [0.1, 0.15) is 44.2 Å². The van der Waals surface area contributed by atoms with Gasteiger partial charge in [-0.3, -0.25) is 0 Å². The molecule has 2 aliphatic rings. The SMILES string of the molecule is CC1(C)CC(Nc2ccc3c(c2)CCCC3)CN1. The second-order valence-electron chi connectivity index (χ2n) is 6.50. The summed E-state index contributed by atoms with van der Waals surface area (Å²) >= 11 is 0. The molecule has 0 bridgehead atoms. The molecule has 1 aliphatic heterocycles. The summed E-state index contributed by atoms with van der Waals surface area (Å²) in [5, 5.41) is 7.25. The van der Waals surface area contributed by atoms with E-state index >= 15 is 0 Å². The van der Waals surface area contributed by atoms with E-state index in [0.29, 0.717) is 6.04 Å². The van der Waals surface area contributed by atoms with Crippen LogP contribution in [0.3, 0.4) is 0 Å². The van der Waals surface area contributed by atoms with Gasteiger partial charge in [0.05, 0.1) is 0 Å². The molecule has 98 valence electrons. The van der Waals surface area contributed by atoms with Gasteiger partial charge < -0.3 is 10.6 Å². The van der Waals surface area contributed by atoms with Gasteiger partial charge in [0.2, 0.25) is 0 Å². The quantitative estimate of drug-likeness (QED) is 0.835. The molecular formula is C16H24N2. The van der Waals surface area contributed by atoms with Gasteiger partial charge in [0, 0.05) is 23.8 Å². The maximum atomic E-state index is 3.68. The average molecular weight is 244 g/mol. The fraction of sp³-hybridized carbons (Fsp3) is 0.625. The van der Waals surface area contributed by atoms with Crippen molar-refractivity contribution >= 4 is 5.69 Å². The Morgan fingerprint density at radius 2 is 1.94 bits per heavy atom. The molecule has 1 aromatic rings. The van der Waals surface area contributed by atoms with E-state index in [-0.39, 0.29) is 5.54 Å². The van der Waals surface area contributed by atoms with Crippen molar-refractivity contribution in [2.75, 3.05) is 11.9 Å².